The first-order valence-electron chi connectivity index (χ1n) is 3.71. The Kier molecular flexibility index (Phi) is 2.15. The van der Waals surface area contributed by atoms with E-state index < -0.39 is 0 Å². The van der Waals surface area contributed by atoms with Crippen LogP contribution in [0, 0.1) is 13.8 Å². The second-order valence-electron chi connectivity index (χ2n) is 2.85. The van der Waals surface area contributed by atoms with Crippen LogP contribution in [0.5, 0.6) is 0 Å². The van der Waals surface area contributed by atoms with E-state index in [0.717, 1.165) is 11.3 Å². The average molecular weight is 150 g/mol. The van der Waals surface area contributed by atoms with E-state index in [-0.39, 0.29) is 0 Å². The predicted molar refractivity (Wildman–Crippen MR) is 48.2 cm³/mol. The molecule has 2 heteroatoms. The molecule has 0 fully saturated rings. The Morgan fingerprint density at radius 3 is 2.36 bits per heavy atom. The summed E-state index contributed by atoms with van der Waals surface area (Å²) >= 11 is 0. The van der Waals surface area contributed by atoms with Gasteiger partial charge >= 0.3 is 0 Å². The topological polar surface area (TPSA) is 52.0 Å². The zero-order valence-corrected chi connectivity index (χ0v) is 7.02. The number of hydrogen-bond acceptors (Lipinski definition) is 2. The maximum absolute atomic E-state index is 5.75. The predicted octanol–water partition coefficient (Wildman–Crippen LogP) is 1.34. The lowest BCUT2D eigenvalue weighted by molar-refractivity contribution is 1.05. The van der Waals surface area contributed by atoms with Gasteiger partial charge in [-0.3, -0.25) is 0 Å². The third-order valence-corrected chi connectivity index (χ3v) is 1.86. The molecule has 2 nitrogen and oxygen atoms in total. The number of nitrogens with two attached hydrogens (primary N) is 2. The number of rotatable bonds is 1. The molecule has 1 aromatic carbocycles. The lowest BCUT2D eigenvalue weighted by Gasteiger charge is -2.07. The standard InChI is InChI=1S/C9H14N2/c1-6-3-7(2)8(5-10)9(11)4-6/h3-4H,5,10-11H2,1-2H3. The molecule has 60 valence electrons. The minimum Gasteiger partial charge on any atom is -0.398 e. The maximum Gasteiger partial charge on any atom is 0.0364 e. The van der Waals surface area contributed by atoms with Crippen LogP contribution in [0.15, 0.2) is 12.1 Å². The summed E-state index contributed by atoms with van der Waals surface area (Å²) in [5.41, 5.74) is 15.5. The van der Waals surface area contributed by atoms with Gasteiger partial charge in [-0.2, -0.15) is 0 Å². The molecule has 0 atom stereocenters. The molecule has 0 radical (unpaired) electrons. The highest BCUT2D eigenvalue weighted by molar-refractivity contribution is 5.52. The minimum absolute atomic E-state index is 0.526. The average Bonchev–Trinajstić information content (AvgIpc) is 1.85. The smallest absolute Gasteiger partial charge is 0.0364 e. The Labute approximate surface area is 67.2 Å². The van der Waals surface area contributed by atoms with Crippen molar-refractivity contribution in [1.82, 2.24) is 0 Å². The summed E-state index contributed by atoms with van der Waals surface area (Å²) in [5.74, 6) is 0. The van der Waals surface area contributed by atoms with Crippen LogP contribution in [0.2, 0.25) is 0 Å². The normalized spacial score (nSPS) is 10.1. The summed E-state index contributed by atoms with van der Waals surface area (Å²) < 4.78 is 0. The van der Waals surface area contributed by atoms with E-state index in [0.29, 0.717) is 6.54 Å². The van der Waals surface area contributed by atoms with Gasteiger partial charge in [-0.25, -0.2) is 0 Å². The van der Waals surface area contributed by atoms with Gasteiger partial charge in [0.2, 0.25) is 0 Å². The van der Waals surface area contributed by atoms with Crippen molar-refractivity contribution in [3.05, 3.63) is 28.8 Å². The summed E-state index contributed by atoms with van der Waals surface area (Å²) in [6.07, 6.45) is 0. The molecule has 0 aliphatic rings. The minimum atomic E-state index is 0.526. The number of benzene rings is 1. The molecule has 1 aromatic rings. The van der Waals surface area contributed by atoms with Crippen molar-refractivity contribution in [2.24, 2.45) is 5.73 Å². The highest BCUT2D eigenvalue weighted by atomic mass is 14.6. The molecule has 0 spiro atoms. The van der Waals surface area contributed by atoms with E-state index in [1.54, 1.807) is 0 Å². The lowest BCUT2D eigenvalue weighted by Crippen LogP contribution is -2.04. The SMILES string of the molecule is Cc1cc(C)c(CN)c(N)c1. The summed E-state index contributed by atoms with van der Waals surface area (Å²) in [7, 11) is 0. The van der Waals surface area contributed by atoms with E-state index in [4.69, 9.17) is 11.5 Å². The number of hydrogen-bond donors (Lipinski definition) is 2. The van der Waals surface area contributed by atoms with Gasteiger partial charge < -0.3 is 11.5 Å². The molecule has 0 heterocycles. The first kappa shape index (κ1) is 8.08. The fourth-order valence-corrected chi connectivity index (χ4v) is 1.31. The number of anilines is 1. The van der Waals surface area contributed by atoms with E-state index in [9.17, 15) is 0 Å². The molecule has 0 saturated heterocycles. The Morgan fingerprint density at radius 1 is 1.27 bits per heavy atom. The van der Waals surface area contributed by atoms with Gasteiger partial charge in [0.05, 0.1) is 0 Å². The van der Waals surface area contributed by atoms with Crippen LogP contribution in [0.3, 0.4) is 0 Å². The quantitative estimate of drug-likeness (QED) is 0.594. The largest absolute Gasteiger partial charge is 0.398 e. The van der Waals surface area contributed by atoms with Gasteiger partial charge in [-0.15, -0.1) is 0 Å². The Bertz CT molecular complexity index is 243. The Hall–Kier alpha value is -1.02. The van der Waals surface area contributed by atoms with E-state index in [2.05, 4.69) is 6.07 Å². The molecule has 0 aliphatic carbocycles. The zero-order chi connectivity index (χ0) is 8.43. The molecule has 0 aromatic heterocycles. The summed E-state index contributed by atoms with van der Waals surface area (Å²) in [6, 6.07) is 4.05. The molecule has 11 heavy (non-hydrogen) atoms. The molecular formula is C9H14N2. The summed E-state index contributed by atoms with van der Waals surface area (Å²) in [5, 5.41) is 0. The highest BCUT2D eigenvalue weighted by Gasteiger charge is 2.00. The molecule has 0 bridgehead atoms. The van der Waals surface area contributed by atoms with E-state index in [1.807, 2.05) is 19.9 Å². The van der Waals surface area contributed by atoms with Gasteiger partial charge in [0.15, 0.2) is 0 Å². The summed E-state index contributed by atoms with van der Waals surface area (Å²) in [4.78, 5) is 0. The molecule has 0 saturated carbocycles. The number of nitrogen functional groups attached to an aromatic ring is 1. The molecule has 4 N–H and O–H groups in total. The van der Waals surface area contributed by atoms with Gasteiger partial charge in [0, 0.05) is 12.2 Å². The van der Waals surface area contributed by atoms with Crippen molar-refractivity contribution in [3.8, 4) is 0 Å². The van der Waals surface area contributed by atoms with Crippen LogP contribution in [-0.4, -0.2) is 0 Å². The molecule has 0 unspecified atom stereocenters. The van der Waals surface area contributed by atoms with Gasteiger partial charge in [-0.1, -0.05) is 6.07 Å². The van der Waals surface area contributed by atoms with Crippen LogP contribution < -0.4 is 11.5 Å². The molecule has 0 aliphatic heterocycles. The van der Waals surface area contributed by atoms with Crippen molar-refractivity contribution >= 4 is 5.69 Å². The third-order valence-electron chi connectivity index (χ3n) is 1.86. The number of aryl methyl sites for hydroxylation is 2. The van der Waals surface area contributed by atoms with Gasteiger partial charge in [-0.05, 0) is 36.6 Å². The molecular weight excluding hydrogens is 136 g/mol. The lowest BCUT2D eigenvalue weighted by atomic mass is 10.0. The van der Waals surface area contributed by atoms with Crippen molar-refractivity contribution < 1.29 is 0 Å². The third kappa shape index (κ3) is 1.52. The first-order chi connectivity index (χ1) is 5.15. The van der Waals surface area contributed by atoms with Crippen LogP contribution in [0.4, 0.5) is 5.69 Å². The molecule has 0 amide bonds. The van der Waals surface area contributed by atoms with E-state index in [1.165, 1.54) is 11.1 Å². The Morgan fingerprint density at radius 2 is 1.91 bits per heavy atom. The highest BCUT2D eigenvalue weighted by Crippen LogP contribution is 2.17. The van der Waals surface area contributed by atoms with Crippen molar-refractivity contribution in [1.29, 1.82) is 0 Å². The first-order valence-corrected chi connectivity index (χ1v) is 3.71. The van der Waals surface area contributed by atoms with E-state index >= 15 is 0 Å². The Balaban J connectivity index is 3.25. The fraction of sp³-hybridized carbons (Fsp3) is 0.333. The second-order valence-corrected chi connectivity index (χ2v) is 2.85. The maximum atomic E-state index is 5.75. The molecule has 1 rings (SSSR count). The van der Waals surface area contributed by atoms with Crippen LogP contribution >= 0.6 is 0 Å². The van der Waals surface area contributed by atoms with Gasteiger partial charge in [0.25, 0.3) is 0 Å². The van der Waals surface area contributed by atoms with Crippen molar-refractivity contribution in [2.75, 3.05) is 5.73 Å². The second kappa shape index (κ2) is 2.93. The van der Waals surface area contributed by atoms with Crippen LogP contribution in [0.1, 0.15) is 16.7 Å². The van der Waals surface area contributed by atoms with Crippen LogP contribution in [0.25, 0.3) is 0 Å². The van der Waals surface area contributed by atoms with Crippen LogP contribution in [-0.2, 0) is 6.54 Å². The van der Waals surface area contributed by atoms with Gasteiger partial charge in [0.1, 0.15) is 0 Å². The van der Waals surface area contributed by atoms with Crippen molar-refractivity contribution in [2.45, 2.75) is 20.4 Å². The summed E-state index contributed by atoms with van der Waals surface area (Å²) in [6.45, 7) is 4.59. The fourth-order valence-electron chi connectivity index (χ4n) is 1.31. The van der Waals surface area contributed by atoms with Crippen molar-refractivity contribution in [3.63, 3.8) is 0 Å². The zero-order valence-electron chi connectivity index (χ0n) is 7.02. The monoisotopic (exact) mass is 150 g/mol.